The molecule has 1 amide bonds. The smallest absolute Gasteiger partial charge is 0.344 e. The molecule has 2 rings (SSSR count). The van der Waals surface area contributed by atoms with E-state index >= 15 is 0 Å². The number of amides is 1. The van der Waals surface area contributed by atoms with Crippen molar-refractivity contribution in [1.29, 1.82) is 0 Å². The average molecular weight is 419 g/mol. The van der Waals surface area contributed by atoms with Gasteiger partial charge in [0.1, 0.15) is 10.8 Å². The van der Waals surface area contributed by atoms with Crippen LogP contribution in [0, 0.1) is 13.8 Å². The molecular weight excluding hydrogens is 394 g/mol. The summed E-state index contributed by atoms with van der Waals surface area (Å²) in [5.74, 6) is -1.14. The van der Waals surface area contributed by atoms with Crippen LogP contribution in [0.4, 0.5) is 5.00 Å². The lowest BCUT2D eigenvalue weighted by Crippen LogP contribution is -2.24. The quantitative estimate of drug-likeness (QED) is 0.624. The Hall–Kier alpha value is -2.87. The van der Waals surface area contributed by atoms with Gasteiger partial charge in [0.15, 0.2) is 13.2 Å². The zero-order valence-corrected chi connectivity index (χ0v) is 17.8. The van der Waals surface area contributed by atoms with Crippen LogP contribution in [-0.4, -0.2) is 37.7 Å². The first kappa shape index (κ1) is 22.4. The normalized spacial score (nSPS) is 10.3. The van der Waals surface area contributed by atoms with Crippen LogP contribution in [0.15, 0.2) is 24.3 Å². The highest BCUT2D eigenvalue weighted by molar-refractivity contribution is 7.16. The molecule has 0 aliphatic heterocycles. The van der Waals surface area contributed by atoms with Gasteiger partial charge in [-0.3, -0.25) is 4.79 Å². The highest BCUT2D eigenvalue weighted by atomic mass is 32.1. The van der Waals surface area contributed by atoms with Crippen LogP contribution >= 0.6 is 11.3 Å². The van der Waals surface area contributed by atoms with E-state index in [4.69, 9.17) is 14.2 Å². The Morgan fingerprint density at radius 2 is 1.66 bits per heavy atom. The summed E-state index contributed by atoms with van der Waals surface area (Å²) >= 11 is 1.29. The molecule has 0 atom stereocenters. The minimum Gasteiger partial charge on any atom is -0.482 e. The number of hydrogen-bond donors (Lipinski definition) is 1. The summed E-state index contributed by atoms with van der Waals surface area (Å²) in [6.07, 6.45) is 0.720. The second-order valence-electron chi connectivity index (χ2n) is 6.35. The molecule has 0 spiro atoms. The highest BCUT2D eigenvalue weighted by Crippen LogP contribution is 2.29. The minimum absolute atomic E-state index is 0.238. The van der Waals surface area contributed by atoms with E-state index in [1.807, 2.05) is 39.0 Å². The zero-order valence-electron chi connectivity index (χ0n) is 17.0. The van der Waals surface area contributed by atoms with Gasteiger partial charge in [-0.05, 0) is 56.5 Å². The van der Waals surface area contributed by atoms with Crippen molar-refractivity contribution in [3.8, 4) is 5.75 Å². The Morgan fingerprint density at radius 3 is 2.28 bits per heavy atom. The van der Waals surface area contributed by atoms with E-state index in [1.165, 1.54) is 11.3 Å². The van der Waals surface area contributed by atoms with Crippen molar-refractivity contribution < 1.29 is 28.6 Å². The molecule has 0 saturated carbocycles. The molecule has 0 bridgehead atoms. The maximum Gasteiger partial charge on any atom is 0.344 e. The number of aryl methyl sites for hydroxylation is 3. The van der Waals surface area contributed by atoms with Gasteiger partial charge < -0.3 is 19.5 Å². The van der Waals surface area contributed by atoms with Crippen molar-refractivity contribution in [2.75, 3.05) is 25.1 Å². The van der Waals surface area contributed by atoms with Crippen LogP contribution in [0.5, 0.6) is 5.75 Å². The third-order valence-corrected chi connectivity index (χ3v) is 4.99. The molecule has 1 aromatic carbocycles. The molecule has 1 heterocycles. The molecule has 29 heavy (non-hydrogen) atoms. The molecular formula is C21H25NO6S. The lowest BCUT2D eigenvalue weighted by Gasteiger charge is -2.09. The molecule has 7 nitrogen and oxygen atoms in total. The molecule has 1 aromatic heterocycles. The van der Waals surface area contributed by atoms with Gasteiger partial charge in [-0.2, -0.15) is 0 Å². The van der Waals surface area contributed by atoms with E-state index in [0.717, 1.165) is 22.4 Å². The Labute approximate surface area is 174 Å². The van der Waals surface area contributed by atoms with Crippen LogP contribution < -0.4 is 10.1 Å². The minimum atomic E-state index is -0.662. The molecule has 0 aliphatic rings. The number of carbonyl (C=O) groups excluding carboxylic acids is 3. The third-order valence-electron chi connectivity index (χ3n) is 3.80. The fraction of sp³-hybridized carbons (Fsp3) is 0.381. The van der Waals surface area contributed by atoms with Crippen LogP contribution in [0.1, 0.15) is 40.2 Å². The molecule has 1 N–H and O–H groups in total. The fourth-order valence-corrected chi connectivity index (χ4v) is 3.58. The molecule has 0 saturated heterocycles. The maximum atomic E-state index is 12.1. The van der Waals surface area contributed by atoms with Gasteiger partial charge in [0.25, 0.3) is 5.91 Å². The Bertz CT molecular complexity index is 869. The Morgan fingerprint density at radius 1 is 0.966 bits per heavy atom. The zero-order chi connectivity index (χ0) is 21.4. The van der Waals surface area contributed by atoms with Gasteiger partial charge in [0.2, 0.25) is 0 Å². The van der Waals surface area contributed by atoms with Crippen molar-refractivity contribution in [2.24, 2.45) is 0 Å². The standard InChI is InChI=1S/C21H25NO6S/c1-5-16-10-17(21(25)26-6-2)20(29-16)22-18(23)11-28-19(24)12-27-15-8-13(3)7-14(4)9-15/h7-10H,5-6,11-12H2,1-4H3,(H,22,23). The number of esters is 2. The SMILES string of the molecule is CCOC(=O)c1cc(CC)sc1NC(=O)COC(=O)COc1cc(C)cc(C)c1. The third kappa shape index (κ3) is 6.90. The van der Waals surface area contributed by atoms with Gasteiger partial charge >= 0.3 is 11.9 Å². The van der Waals surface area contributed by atoms with Gasteiger partial charge in [-0.15, -0.1) is 11.3 Å². The van der Waals surface area contributed by atoms with Crippen molar-refractivity contribution >= 4 is 34.2 Å². The molecule has 0 fully saturated rings. The molecule has 156 valence electrons. The summed E-state index contributed by atoms with van der Waals surface area (Å²) < 4.78 is 15.4. The largest absolute Gasteiger partial charge is 0.482 e. The number of anilines is 1. The number of benzene rings is 1. The van der Waals surface area contributed by atoms with E-state index in [0.29, 0.717) is 16.3 Å². The van der Waals surface area contributed by atoms with Crippen molar-refractivity contribution in [3.63, 3.8) is 0 Å². The van der Waals surface area contributed by atoms with Gasteiger partial charge in [0.05, 0.1) is 12.2 Å². The topological polar surface area (TPSA) is 90.9 Å². The molecule has 2 aromatic rings. The van der Waals surface area contributed by atoms with Crippen LogP contribution in [0.3, 0.4) is 0 Å². The predicted molar refractivity (Wildman–Crippen MR) is 111 cm³/mol. The first-order valence-corrected chi connectivity index (χ1v) is 10.1. The van der Waals surface area contributed by atoms with Crippen molar-refractivity contribution in [1.82, 2.24) is 0 Å². The number of ether oxygens (including phenoxy) is 3. The summed E-state index contributed by atoms with van der Waals surface area (Å²) in [7, 11) is 0. The van der Waals surface area contributed by atoms with Crippen LogP contribution in [-0.2, 0) is 25.5 Å². The number of rotatable bonds is 9. The number of nitrogens with one attached hydrogen (secondary N) is 1. The average Bonchev–Trinajstić information content (AvgIpc) is 3.07. The van der Waals surface area contributed by atoms with Crippen LogP contribution in [0.2, 0.25) is 0 Å². The monoisotopic (exact) mass is 419 g/mol. The lowest BCUT2D eigenvalue weighted by atomic mass is 10.1. The second-order valence-corrected chi connectivity index (χ2v) is 7.49. The predicted octanol–water partition coefficient (Wildman–Crippen LogP) is 3.66. The summed E-state index contributed by atoms with van der Waals surface area (Å²) in [4.78, 5) is 37.0. The van der Waals surface area contributed by atoms with E-state index < -0.39 is 24.5 Å². The number of thiophene rings is 1. The fourth-order valence-electron chi connectivity index (χ4n) is 2.58. The second kappa shape index (κ2) is 10.6. The summed E-state index contributed by atoms with van der Waals surface area (Å²) in [5, 5.41) is 2.99. The van der Waals surface area contributed by atoms with E-state index in [2.05, 4.69) is 5.32 Å². The van der Waals surface area contributed by atoms with Crippen LogP contribution in [0.25, 0.3) is 0 Å². The summed E-state index contributed by atoms with van der Waals surface area (Å²) in [6.45, 7) is 6.98. The maximum absolute atomic E-state index is 12.1. The van der Waals surface area contributed by atoms with E-state index in [-0.39, 0.29) is 13.2 Å². The van der Waals surface area contributed by atoms with Crippen molar-refractivity contribution in [3.05, 3.63) is 45.8 Å². The first-order valence-electron chi connectivity index (χ1n) is 9.28. The molecule has 8 heteroatoms. The summed E-state index contributed by atoms with van der Waals surface area (Å²) in [6, 6.07) is 7.31. The number of carbonyl (C=O) groups is 3. The summed E-state index contributed by atoms with van der Waals surface area (Å²) in [5.41, 5.74) is 2.34. The Balaban J connectivity index is 1.87. The van der Waals surface area contributed by atoms with Gasteiger partial charge in [-0.25, -0.2) is 9.59 Å². The van der Waals surface area contributed by atoms with E-state index in [9.17, 15) is 14.4 Å². The molecule has 0 unspecified atom stereocenters. The first-order chi connectivity index (χ1) is 13.8. The number of hydrogen-bond acceptors (Lipinski definition) is 7. The van der Waals surface area contributed by atoms with Gasteiger partial charge in [0, 0.05) is 4.88 Å². The molecule has 0 radical (unpaired) electrons. The van der Waals surface area contributed by atoms with Crippen molar-refractivity contribution in [2.45, 2.75) is 34.1 Å². The van der Waals surface area contributed by atoms with E-state index in [1.54, 1.807) is 13.0 Å². The lowest BCUT2D eigenvalue weighted by molar-refractivity contribution is -0.149. The Kier molecular flexibility index (Phi) is 8.21. The molecule has 0 aliphatic carbocycles. The highest BCUT2D eigenvalue weighted by Gasteiger charge is 2.19. The van der Waals surface area contributed by atoms with Gasteiger partial charge in [-0.1, -0.05) is 13.0 Å².